The zero-order valence-electron chi connectivity index (χ0n) is 10.5. The van der Waals surface area contributed by atoms with Gasteiger partial charge in [-0.2, -0.15) is 0 Å². The van der Waals surface area contributed by atoms with Crippen LogP contribution < -0.4 is 5.32 Å². The highest BCUT2D eigenvalue weighted by Gasteiger charge is 2.43. The van der Waals surface area contributed by atoms with Crippen molar-refractivity contribution in [1.82, 2.24) is 10.2 Å². The molecular weight excluding hydrogens is 257 g/mol. The summed E-state index contributed by atoms with van der Waals surface area (Å²) in [6.07, 6.45) is -0.487. The van der Waals surface area contributed by atoms with E-state index in [9.17, 15) is 18.0 Å². The first-order valence-electron chi connectivity index (χ1n) is 5.98. The molecule has 1 atom stereocenters. The summed E-state index contributed by atoms with van der Waals surface area (Å²) >= 11 is 0. The lowest BCUT2D eigenvalue weighted by Crippen LogP contribution is -2.41. The first-order valence-corrected chi connectivity index (χ1v) is 5.98. The second-order valence-corrected chi connectivity index (χ2v) is 4.82. The summed E-state index contributed by atoms with van der Waals surface area (Å²) in [5, 5.41) is 2.51. The topological polar surface area (TPSA) is 32.3 Å². The molecule has 0 aromatic heterocycles. The van der Waals surface area contributed by atoms with Gasteiger partial charge < -0.3 is 4.90 Å². The van der Waals surface area contributed by atoms with Crippen molar-refractivity contribution in [3.05, 3.63) is 35.6 Å². The molecule has 0 radical (unpaired) electrons. The Hall–Kier alpha value is -1.56. The number of amides is 1. The molecule has 1 heterocycles. The van der Waals surface area contributed by atoms with E-state index in [2.05, 4.69) is 5.32 Å². The fraction of sp³-hybridized carbons (Fsp3) is 0.462. The van der Waals surface area contributed by atoms with Crippen molar-refractivity contribution in [2.75, 3.05) is 13.6 Å². The number of alkyl halides is 2. The maximum Gasteiger partial charge on any atom is 0.262 e. The number of hydrogen-bond donors (Lipinski definition) is 1. The summed E-state index contributed by atoms with van der Waals surface area (Å²) in [7, 11) is 1.52. The number of hydrogen-bond acceptors (Lipinski definition) is 2. The summed E-state index contributed by atoms with van der Waals surface area (Å²) in [5.74, 6) is -3.62. The molecule has 1 saturated heterocycles. The Morgan fingerprint density at radius 1 is 1.53 bits per heavy atom. The molecule has 0 saturated carbocycles. The van der Waals surface area contributed by atoms with Crippen molar-refractivity contribution in [3.8, 4) is 0 Å². The van der Waals surface area contributed by atoms with Crippen molar-refractivity contribution in [2.24, 2.45) is 0 Å². The maximum absolute atomic E-state index is 13.0. The van der Waals surface area contributed by atoms with E-state index in [1.54, 1.807) is 12.1 Å². The highest BCUT2D eigenvalue weighted by Crippen LogP contribution is 2.26. The Bertz CT molecular complexity index is 479. The molecule has 1 fully saturated rings. The normalized spacial score (nSPS) is 21.4. The van der Waals surface area contributed by atoms with Gasteiger partial charge in [-0.25, -0.2) is 13.2 Å². The van der Waals surface area contributed by atoms with Crippen LogP contribution in [-0.2, 0) is 11.3 Å². The summed E-state index contributed by atoms with van der Waals surface area (Å²) in [4.78, 5) is 13.3. The summed E-state index contributed by atoms with van der Waals surface area (Å²) in [5.41, 5.74) is 0.626. The predicted octanol–water partition coefficient (Wildman–Crippen LogP) is 1.78. The van der Waals surface area contributed by atoms with Crippen molar-refractivity contribution < 1.29 is 18.0 Å². The van der Waals surface area contributed by atoms with Crippen molar-refractivity contribution in [3.63, 3.8) is 0 Å². The Kier molecular flexibility index (Phi) is 3.80. The van der Waals surface area contributed by atoms with E-state index in [-0.39, 0.29) is 12.4 Å². The lowest BCUT2D eigenvalue weighted by atomic mass is 10.1. The molecule has 6 heteroatoms. The average Bonchev–Trinajstić information content (AvgIpc) is 2.68. The lowest BCUT2D eigenvalue weighted by molar-refractivity contribution is -0.132. The third-order valence-electron chi connectivity index (χ3n) is 3.09. The zero-order valence-corrected chi connectivity index (χ0v) is 10.5. The fourth-order valence-corrected chi connectivity index (χ4v) is 2.14. The van der Waals surface area contributed by atoms with E-state index in [1.807, 2.05) is 0 Å². The molecule has 1 aromatic rings. The molecule has 3 nitrogen and oxygen atoms in total. The van der Waals surface area contributed by atoms with Gasteiger partial charge in [0.1, 0.15) is 5.82 Å². The molecule has 1 aliphatic heterocycles. The van der Waals surface area contributed by atoms with E-state index < -0.39 is 30.8 Å². The van der Waals surface area contributed by atoms with Crippen LogP contribution in [0, 0.1) is 5.82 Å². The summed E-state index contributed by atoms with van der Waals surface area (Å²) in [6, 6.07) is 4.99. The molecule has 1 unspecified atom stereocenters. The molecule has 0 bridgehead atoms. The van der Waals surface area contributed by atoms with Crippen LogP contribution in [0.15, 0.2) is 24.3 Å². The lowest BCUT2D eigenvalue weighted by Gasteiger charge is -2.21. The minimum absolute atomic E-state index is 0.195. The van der Waals surface area contributed by atoms with E-state index in [0.717, 1.165) is 0 Å². The second-order valence-electron chi connectivity index (χ2n) is 4.82. The SMILES string of the molecule is CN(Cc1cccc(F)c1)C(=O)C1CC(F)(F)CN1. The van der Waals surface area contributed by atoms with E-state index in [0.29, 0.717) is 5.56 Å². The van der Waals surface area contributed by atoms with Crippen LogP contribution in [0.1, 0.15) is 12.0 Å². The van der Waals surface area contributed by atoms with Crippen LogP contribution in [0.5, 0.6) is 0 Å². The molecule has 1 amide bonds. The largest absolute Gasteiger partial charge is 0.340 e. The van der Waals surface area contributed by atoms with Gasteiger partial charge in [-0.1, -0.05) is 12.1 Å². The molecule has 1 aromatic carbocycles. The highest BCUT2D eigenvalue weighted by atomic mass is 19.3. The minimum Gasteiger partial charge on any atom is -0.340 e. The van der Waals surface area contributed by atoms with Crippen LogP contribution in [0.2, 0.25) is 0 Å². The third kappa shape index (κ3) is 3.47. The van der Waals surface area contributed by atoms with E-state index in [4.69, 9.17) is 0 Å². The van der Waals surface area contributed by atoms with Gasteiger partial charge in [-0.15, -0.1) is 0 Å². The molecule has 0 spiro atoms. The van der Waals surface area contributed by atoms with Crippen LogP contribution >= 0.6 is 0 Å². The molecule has 0 aliphatic carbocycles. The second kappa shape index (κ2) is 5.21. The van der Waals surface area contributed by atoms with Gasteiger partial charge in [-0.05, 0) is 17.7 Å². The monoisotopic (exact) mass is 272 g/mol. The van der Waals surface area contributed by atoms with Gasteiger partial charge in [0.15, 0.2) is 0 Å². The molecule has 104 valence electrons. The Balaban J connectivity index is 1.97. The van der Waals surface area contributed by atoms with Crippen molar-refractivity contribution >= 4 is 5.91 Å². The number of carbonyl (C=O) groups excluding carboxylic acids is 1. The Morgan fingerprint density at radius 2 is 2.26 bits per heavy atom. The first kappa shape index (κ1) is 13.9. The van der Waals surface area contributed by atoms with Gasteiger partial charge in [0.05, 0.1) is 12.6 Å². The number of carbonyl (C=O) groups is 1. The van der Waals surface area contributed by atoms with Crippen molar-refractivity contribution in [1.29, 1.82) is 0 Å². The van der Waals surface area contributed by atoms with Crippen LogP contribution in [0.4, 0.5) is 13.2 Å². The van der Waals surface area contributed by atoms with Crippen LogP contribution in [0.3, 0.4) is 0 Å². The third-order valence-corrected chi connectivity index (χ3v) is 3.09. The van der Waals surface area contributed by atoms with Crippen LogP contribution in [0.25, 0.3) is 0 Å². The standard InChI is InChI=1S/C13H15F3N2O/c1-18(7-9-3-2-4-10(14)5-9)12(19)11-6-13(15,16)8-17-11/h2-5,11,17H,6-8H2,1H3. The van der Waals surface area contributed by atoms with E-state index >= 15 is 0 Å². The number of halogens is 3. The highest BCUT2D eigenvalue weighted by molar-refractivity contribution is 5.82. The Morgan fingerprint density at radius 3 is 2.84 bits per heavy atom. The first-order chi connectivity index (χ1) is 8.87. The van der Waals surface area contributed by atoms with Gasteiger partial charge in [0.2, 0.25) is 5.91 Å². The van der Waals surface area contributed by atoms with Gasteiger partial charge >= 0.3 is 0 Å². The molecule has 1 N–H and O–H groups in total. The number of likely N-dealkylation sites (N-methyl/N-ethyl adjacent to an activating group) is 1. The van der Waals surface area contributed by atoms with Gasteiger partial charge in [0.25, 0.3) is 5.92 Å². The maximum atomic E-state index is 13.0. The average molecular weight is 272 g/mol. The van der Waals surface area contributed by atoms with Gasteiger partial charge in [-0.3, -0.25) is 10.1 Å². The number of benzene rings is 1. The summed E-state index contributed by atoms with van der Waals surface area (Å²) in [6.45, 7) is -0.280. The number of nitrogens with zero attached hydrogens (tertiary/aromatic N) is 1. The van der Waals surface area contributed by atoms with Crippen molar-refractivity contribution in [2.45, 2.75) is 24.9 Å². The zero-order chi connectivity index (χ0) is 14.0. The fourth-order valence-electron chi connectivity index (χ4n) is 2.14. The predicted molar refractivity (Wildman–Crippen MR) is 64.2 cm³/mol. The quantitative estimate of drug-likeness (QED) is 0.909. The number of nitrogens with one attached hydrogen (secondary N) is 1. The minimum atomic E-state index is -2.83. The van der Waals surface area contributed by atoms with Crippen LogP contribution in [-0.4, -0.2) is 36.4 Å². The van der Waals surface area contributed by atoms with E-state index in [1.165, 1.54) is 24.1 Å². The number of rotatable bonds is 3. The molecule has 19 heavy (non-hydrogen) atoms. The van der Waals surface area contributed by atoms with Gasteiger partial charge in [0, 0.05) is 20.0 Å². The molecule has 1 aliphatic rings. The molecule has 2 rings (SSSR count). The molecular formula is C13H15F3N2O. The summed E-state index contributed by atoms with van der Waals surface area (Å²) < 4.78 is 39.0. The smallest absolute Gasteiger partial charge is 0.262 e. The Labute approximate surface area is 109 Å².